The van der Waals surface area contributed by atoms with Gasteiger partial charge >= 0.3 is 12.1 Å². The molecule has 17 nitrogen and oxygen atoms in total. The summed E-state index contributed by atoms with van der Waals surface area (Å²) < 4.78 is 76.3. The second-order valence-corrected chi connectivity index (χ2v) is 13.6. The predicted molar refractivity (Wildman–Crippen MR) is 229 cm³/mol. The van der Waals surface area contributed by atoms with Gasteiger partial charge in [0.25, 0.3) is 0 Å². The van der Waals surface area contributed by atoms with Crippen molar-refractivity contribution in [2.24, 2.45) is 0 Å². The predicted octanol–water partition coefficient (Wildman–Crippen LogP) is 4.07. The molecule has 3 rings (SSSR count). The van der Waals surface area contributed by atoms with Crippen molar-refractivity contribution in [3.05, 3.63) is 59.7 Å². The Hall–Kier alpha value is -3.30. The van der Waals surface area contributed by atoms with Crippen LogP contribution in [-0.4, -0.2) is 190 Å². The molecule has 2 aromatic carbocycles. The van der Waals surface area contributed by atoms with Gasteiger partial charge in [0.2, 0.25) is 0 Å². The van der Waals surface area contributed by atoms with E-state index in [0.29, 0.717) is 172 Å². The van der Waals surface area contributed by atoms with Gasteiger partial charge in [-0.3, -0.25) is 4.79 Å². The van der Waals surface area contributed by atoms with Crippen LogP contribution in [0.25, 0.3) is 11.1 Å². The summed E-state index contributed by atoms with van der Waals surface area (Å²) in [4.78, 5) is 23.5. The lowest BCUT2D eigenvalue weighted by molar-refractivity contribution is -0.145. The maximum absolute atomic E-state index is 12.3. The van der Waals surface area contributed by atoms with E-state index in [1.807, 2.05) is 31.2 Å². The van der Waals surface area contributed by atoms with Gasteiger partial charge in [-0.05, 0) is 28.7 Å². The highest BCUT2D eigenvalue weighted by Crippen LogP contribution is 2.44. The monoisotopic (exact) mass is 881 g/mol. The molecule has 0 bridgehead atoms. The molecule has 1 aliphatic carbocycles. The molecule has 2 aromatic rings. The summed E-state index contributed by atoms with van der Waals surface area (Å²) in [6.07, 6.45) is 0.759. The molecule has 0 aromatic heterocycles. The van der Waals surface area contributed by atoms with E-state index in [0.717, 1.165) is 6.42 Å². The van der Waals surface area contributed by atoms with Crippen molar-refractivity contribution in [2.45, 2.75) is 25.7 Å². The van der Waals surface area contributed by atoms with Crippen molar-refractivity contribution in [3.8, 4) is 11.1 Å². The van der Waals surface area contributed by atoms with E-state index in [9.17, 15) is 9.59 Å². The Balaban J connectivity index is 0.915. The molecule has 17 heteroatoms. The summed E-state index contributed by atoms with van der Waals surface area (Å²) in [5, 5.41) is 2.74. The lowest BCUT2D eigenvalue weighted by Crippen LogP contribution is -2.29. The number of ether oxygens (including phenoxy) is 14. The van der Waals surface area contributed by atoms with E-state index in [4.69, 9.17) is 66.3 Å². The van der Waals surface area contributed by atoms with E-state index in [-0.39, 0.29) is 25.1 Å². The van der Waals surface area contributed by atoms with Crippen molar-refractivity contribution in [3.63, 3.8) is 0 Å². The van der Waals surface area contributed by atoms with Crippen molar-refractivity contribution >= 4 is 12.1 Å². The molecule has 0 fully saturated rings. The number of carbonyl (C=O) groups excluding carboxylic acids is 2. The Kier molecular flexibility index (Phi) is 32.7. The summed E-state index contributed by atoms with van der Waals surface area (Å²) in [7, 11) is 0. The van der Waals surface area contributed by atoms with Crippen LogP contribution in [0.2, 0.25) is 0 Å². The Labute approximate surface area is 367 Å². The minimum atomic E-state index is -0.456. The average molecular weight is 882 g/mol. The Morgan fingerprint density at radius 2 is 0.726 bits per heavy atom. The van der Waals surface area contributed by atoms with Gasteiger partial charge in [-0.15, -0.1) is 0 Å². The van der Waals surface area contributed by atoms with E-state index in [2.05, 4.69) is 29.6 Å². The topological polar surface area (TPSA) is 175 Å². The van der Waals surface area contributed by atoms with E-state index < -0.39 is 6.09 Å². The molecule has 0 atom stereocenters. The van der Waals surface area contributed by atoms with Crippen LogP contribution < -0.4 is 5.32 Å². The zero-order valence-corrected chi connectivity index (χ0v) is 36.7. The van der Waals surface area contributed by atoms with Crippen molar-refractivity contribution in [1.29, 1.82) is 0 Å². The van der Waals surface area contributed by atoms with E-state index >= 15 is 0 Å². The van der Waals surface area contributed by atoms with Crippen LogP contribution >= 0.6 is 0 Å². The summed E-state index contributed by atoms with van der Waals surface area (Å²) in [6, 6.07) is 16.5. The van der Waals surface area contributed by atoms with Gasteiger partial charge in [-0.1, -0.05) is 55.5 Å². The normalized spacial score (nSPS) is 12.1. The van der Waals surface area contributed by atoms with Crippen molar-refractivity contribution < 1.29 is 75.9 Å². The highest BCUT2D eigenvalue weighted by molar-refractivity contribution is 5.79. The zero-order valence-electron chi connectivity index (χ0n) is 36.7. The Bertz CT molecular complexity index is 1340. The number of esters is 1. The smallest absolute Gasteiger partial charge is 0.407 e. The molecule has 0 radical (unpaired) electrons. The minimum Gasteiger partial charge on any atom is -0.463 e. The van der Waals surface area contributed by atoms with Crippen LogP contribution in [-0.2, 0) is 71.1 Å². The summed E-state index contributed by atoms with van der Waals surface area (Å²) in [5.41, 5.74) is 4.76. The first-order chi connectivity index (χ1) is 30.7. The number of benzene rings is 2. The quantitative estimate of drug-likeness (QED) is 0.0745. The van der Waals surface area contributed by atoms with Gasteiger partial charge in [0.05, 0.1) is 159 Å². The largest absolute Gasteiger partial charge is 0.463 e. The molecule has 0 heterocycles. The maximum Gasteiger partial charge on any atom is 0.407 e. The third kappa shape index (κ3) is 26.4. The van der Waals surface area contributed by atoms with Crippen LogP contribution in [0.1, 0.15) is 36.8 Å². The molecule has 1 N–H and O–H groups in total. The maximum atomic E-state index is 12.3. The average Bonchev–Trinajstić information content (AvgIpc) is 3.61. The Morgan fingerprint density at radius 3 is 1.06 bits per heavy atom. The molecule has 62 heavy (non-hydrogen) atoms. The zero-order chi connectivity index (χ0) is 43.8. The molecule has 0 saturated carbocycles. The van der Waals surface area contributed by atoms with Gasteiger partial charge in [-0.25, -0.2) is 4.79 Å². The SMILES string of the molecule is CCCC(=O)OCCOCCOCCOCCOCCOCCOCCOCCOCCOCCOCCOCCOCCNC(=O)OCC1c2ccccc2-c2ccccc21. The lowest BCUT2D eigenvalue weighted by atomic mass is 9.98. The van der Waals surface area contributed by atoms with Crippen LogP contribution in [0.15, 0.2) is 48.5 Å². The molecular formula is C45H71NO16. The number of fused-ring (bicyclic) bond motifs is 3. The molecule has 352 valence electrons. The molecule has 0 aliphatic heterocycles. The Morgan fingerprint density at radius 1 is 0.419 bits per heavy atom. The summed E-state index contributed by atoms with van der Waals surface area (Å²) in [5.74, 6) is -0.161. The second kappa shape index (κ2) is 38.2. The van der Waals surface area contributed by atoms with Gasteiger partial charge in [0.15, 0.2) is 0 Å². The number of hydrogen-bond acceptors (Lipinski definition) is 16. The number of rotatable bonds is 43. The molecular weight excluding hydrogens is 810 g/mol. The standard InChI is InChI=1S/C45H71NO16/c1-2-7-44(47)61-37-36-60-35-34-59-33-32-58-31-30-57-29-28-56-27-26-55-25-24-54-23-22-53-21-20-52-19-18-51-17-16-50-15-14-49-13-12-46-45(48)62-38-43-41-10-5-3-8-39(41)40-9-4-6-11-42(40)43/h3-6,8-11,43H,2,7,12-38H2,1H3,(H,46,48). The van der Waals surface area contributed by atoms with Crippen LogP contribution in [0.3, 0.4) is 0 Å². The van der Waals surface area contributed by atoms with Crippen molar-refractivity contribution in [2.75, 3.05) is 178 Å². The molecule has 1 amide bonds. The van der Waals surface area contributed by atoms with Gasteiger partial charge in [0.1, 0.15) is 13.2 Å². The lowest BCUT2D eigenvalue weighted by Gasteiger charge is -2.14. The highest BCUT2D eigenvalue weighted by atomic mass is 16.6. The number of hydrogen-bond donors (Lipinski definition) is 1. The van der Waals surface area contributed by atoms with Gasteiger partial charge in [-0.2, -0.15) is 0 Å². The third-order valence-electron chi connectivity index (χ3n) is 8.90. The minimum absolute atomic E-state index is 0.0319. The fourth-order valence-corrected chi connectivity index (χ4v) is 5.89. The first kappa shape index (κ1) is 53.0. The number of alkyl carbamates (subject to hydrolysis) is 1. The summed E-state index contributed by atoms with van der Waals surface area (Å²) >= 11 is 0. The van der Waals surface area contributed by atoms with Crippen LogP contribution in [0.4, 0.5) is 4.79 Å². The van der Waals surface area contributed by atoms with Crippen LogP contribution in [0, 0.1) is 0 Å². The van der Waals surface area contributed by atoms with E-state index in [1.54, 1.807) is 0 Å². The fourth-order valence-electron chi connectivity index (χ4n) is 5.89. The van der Waals surface area contributed by atoms with Gasteiger partial charge < -0.3 is 71.6 Å². The third-order valence-corrected chi connectivity index (χ3v) is 8.90. The second-order valence-electron chi connectivity index (χ2n) is 13.6. The molecule has 0 spiro atoms. The number of amides is 1. The number of nitrogens with one attached hydrogen (secondary N) is 1. The molecule has 1 aliphatic rings. The number of carbonyl (C=O) groups is 2. The van der Waals surface area contributed by atoms with Crippen molar-refractivity contribution in [1.82, 2.24) is 5.32 Å². The summed E-state index contributed by atoms with van der Waals surface area (Å²) in [6.45, 7) is 13.9. The first-order valence-corrected chi connectivity index (χ1v) is 21.9. The van der Waals surface area contributed by atoms with Crippen LogP contribution in [0.5, 0.6) is 0 Å². The van der Waals surface area contributed by atoms with Gasteiger partial charge in [0, 0.05) is 18.9 Å². The highest BCUT2D eigenvalue weighted by Gasteiger charge is 2.29. The fraction of sp³-hybridized carbons (Fsp3) is 0.689. The molecule has 0 unspecified atom stereocenters. The van der Waals surface area contributed by atoms with E-state index in [1.165, 1.54) is 22.3 Å². The first-order valence-electron chi connectivity index (χ1n) is 21.9. The molecule has 0 saturated heterocycles.